The molecule has 0 spiro atoms. The lowest BCUT2D eigenvalue weighted by molar-refractivity contribution is 1.18. The van der Waals surface area contributed by atoms with E-state index in [0.717, 1.165) is 44.8 Å². The van der Waals surface area contributed by atoms with Crippen LogP contribution in [-0.4, -0.2) is 14.5 Å². The minimum absolute atomic E-state index is 0.706. The van der Waals surface area contributed by atoms with Crippen molar-refractivity contribution in [1.29, 1.82) is 0 Å². The molecule has 0 amide bonds. The van der Waals surface area contributed by atoms with Gasteiger partial charge in [0.2, 0.25) is 0 Å². The average Bonchev–Trinajstić information content (AvgIpc) is 3.75. The highest BCUT2D eigenvalue weighted by molar-refractivity contribution is 7.26. The number of fused-ring (bicyclic) bond motifs is 6. The molecule has 0 radical (unpaired) electrons. The van der Waals surface area contributed by atoms with Gasteiger partial charge in [-0.05, 0) is 53.6 Å². The van der Waals surface area contributed by atoms with Gasteiger partial charge >= 0.3 is 0 Å². The van der Waals surface area contributed by atoms with Gasteiger partial charge in [0.25, 0.3) is 0 Å². The fraction of sp³-hybridized carbons (Fsp3) is 0. The van der Waals surface area contributed by atoms with E-state index >= 15 is 0 Å². The van der Waals surface area contributed by atoms with Crippen molar-refractivity contribution in [3.8, 4) is 50.7 Å². The molecule has 10 rings (SSSR count). The van der Waals surface area contributed by atoms with Gasteiger partial charge in [-0.25, -0.2) is 9.97 Å². The molecule has 4 heteroatoms. The van der Waals surface area contributed by atoms with Gasteiger partial charge in [0.1, 0.15) is 0 Å². The largest absolute Gasteiger partial charge is 0.309 e. The van der Waals surface area contributed by atoms with Crippen LogP contribution in [0.5, 0.6) is 0 Å². The fourth-order valence-corrected chi connectivity index (χ4v) is 8.58. The molecule has 7 aromatic carbocycles. The Morgan fingerprint density at radius 3 is 1.88 bits per heavy atom. The summed E-state index contributed by atoms with van der Waals surface area (Å²) in [6.45, 7) is 0. The topological polar surface area (TPSA) is 30.7 Å². The van der Waals surface area contributed by atoms with Crippen LogP contribution in [0, 0.1) is 0 Å². The van der Waals surface area contributed by atoms with E-state index in [1.807, 2.05) is 11.3 Å². The molecular weight excluding hydrogens is 627 g/mol. The molecule has 10 aromatic rings. The molecule has 0 saturated heterocycles. The molecule has 50 heavy (non-hydrogen) atoms. The number of aromatic nitrogens is 3. The van der Waals surface area contributed by atoms with E-state index in [0.29, 0.717) is 5.82 Å². The summed E-state index contributed by atoms with van der Waals surface area (Å²) in [5.74, 6) is 0.706. The number of para-hydroxylation sites is 2. The molecule has 0 unspecified atom stereocenters. The molecule has 3 heterocycles. The van der Waals surface area contributed by atoms with Crippen molar-refractivity contribution in [3.63, 3.8) is 0 Å². The van der Waals surface area contributed by atoms with Gasteiger partial charge in [-0.15, -0.1) is 11.3 Å². The standard InChI is InChI=1S/C46H29N3S/c1-3-14-30(15-4-1)31-16-11-17-32(28-31)46-47-39(29-40(48-46)37-24-12-22-35-34-20-8-10-27-43(34)50-45(35)37)36-23-13-26-42-44(36)38-21-7-9-25-41(38)49(42)33-18-5-2-6-19-33/h1-29H. The number of hydrogen-bond acceptors (Lipinski definition) is 3. The SMILES string of the molecule is c1ccc(-c2cccc(-c3nc(-c4cccc5c4sc4ccccc45)cc(-c4cccc5c4c4ccccc4n5-c4ccccc4)n3)c2)cc1. The van der Waals surface area contributed by atoms with Gasteiger partial charge in [-0.3, -0.25) is 0 Å². The number of nitrogens with zero attached hydrogens (tertiary/aromatic N) is 3. The van der Waals surface area contributed by atoms with Crippen LogP contribution in [0.1, 0.15) is 0 Å². The zero-order valence-electron chi connectivity index (χ0n) is 27.0. The van der Waals surface area contributed by atoms with E-state index in [2.05, 4.69) is 180 Å². The van der Waals surface area contributed by atoms with Gasteiger partial charge in [0.05, 0.1) is 22.4 Å². The molecule has 3 nitrogen and oxygen atoms in total. The third-order valence-electron chi connectivity index (χ3n) is 9.62. The molecule has 0 aliphatic heterocycles. The van der Waals surface area contributed by atoms with Crippen LogP contribution in [0.15, 0.2) is 176 Å². The second-order valence-corrected chi connectivity index (χ2v) is 13.6. The Labute approximate surface area is 293 Å². The second-order valence-electron chi connectivity index (χ2n) is 12.6. The fourth-order valence-electron chi connectivity index (χ4n) is 7.36. The first-order valence-electron chi connectivity index (χ1n) is 16.8. The van der Waals surface area contributed by atoms with Crippen molar-refractivity contribution in [1.82, 2.24) is 14.5 Å². The van der Waals surface area contributed by atoms with Crippen LogP contribution >= 0.6 is 11.3 Å². The monoisotopic (exact) mass is 655 g/mol. The van der Waals surface area contributed by atoms with E-state index in [1.165, 1.54) is 42.0 Å². The maximum absolute atomic E-state index is 5.38. The maximum Gasteiger partial charge on any atom is 0.160 e. The lowest BCUT2D eigenvalue weighted by Gasteiger charge is -2.12. The number of hydrogen-bond donors (Lipinski definition) is 0. The first-order chi connectivity index (χ1) is 24.8. The van der Waals surface area contributed by atoms with Crippen LogP contribution in [0.25, 0.3) is 92.7 Å². The number of benzene rings is 7. The number of rotatable bonds is 5. The third kappa shape index (κ3) is 4.65. The Morgan fingerprint density at radius 2 is 1.02 bits per heavy atom. The quantitative estimate of drug-likeness (QED) is 0.185. The summed E-state index contributed by atoms with van der Waals surface area (Å²) in [4.78, 5) is 10.7. The highest BCUT2D eigenvalue weighted by Crippen LogP contribution is 2.42. The van der Waals surface area contributed by atoms with E-state index in [9.17, 15) is 0 Å². The van der Waals surface area contributed by atoms with Gasteiger partial charge in [-0.2, -0.15) is 0 Å². The number of thiophene rings is 1. The summed E-state index contributed by atoms with van der Waals surface area (Å²) in [7, 11) is 0. The molecule has 0 aliphatic rings. The van der Waals surface area contributed by atoms with E-state index in [4.69, 9.17) is 9.97 Å². The maximum atomic E-state index is 5.38. The van der Waals surface area contributed by atoms with Crippen molar-refractivity contribution < 1.29 is 0 Å². The van der Waals surface area contributed by atoms with Crippen molar-refractivity contribution in [2.75, 3.05) is 0 Å². The first kappa shape index (κ1) is 28.6. The van der Waals surface area contributed by atoms with Gasteiger partial charge < -0.3 is 4.57 Å². The van der Waals surface area contributed by atoms with E-state index in [1.54, 1.807) is 0 Å². The van der Waals surface area contributed by atoms with Crippen molar-refractivity contribution in [2.45, 2.75) is 0 Å². The summed E-state index contributed by atoms with van der Waals surface area (Å²) >= 11 is 1.83. The molecule has 3 aromatic heterocycles. The Hall–Kier alpha value is -6.36. The third-order valence-corrected chi connectivity index (χ3v) is 10.8. The summed E-state index contributed by atoms with van der Waals surface area (Å²) in [6.07, 6.45) is 0. The predicted octanol–water partition coefficient (Wildman–Crippen LogP) is 12.6. The minimum Gasteiger partial charge on any atom is -0.309 e. The molecule has 0 saturated carbocycles. The highest BCUT2D eigenvalue weighted by Gasteiger charge is 2.20. The van der Waals surface area contributed by atoms with E-state index < -0.39 is 0 Å². The molecular formula is C46H29N3S. The zero-order valence-corrected chi connectivity index (χ0v) is 27.8. The smallest absolute Gasteiger partial charge is 0.160 e. The van der Waals surface area contributed by atoms with Gasteiger partial charge in [0.15, 0.2) is 5.82 Å². The predicted molar refractivity (Wildman–Crippen MR) is 211 cm³/mol. The van der Waals surface area contributed by atoms with Crippen LogP contribution in [-0.2, 0) is 0 Å². The Balaban J connectivity index is 1.26. The zero-order chi connectivity index (χ0) is 33.0. The van der Waals surface area contributed by atoms with Crippen molar-refractivity contribution in [3.05, 3.63) is 176 Å². The molecule has 0 fully saturated rings. The lowest BCUT2D eigenvalue weighted by Crippen LogP contribution is -1.97. The van der Waals surface area contributed by atoms with Crippen LogP contribution in [0.4, 0.5) is 0 Å². The van der Waals surface area contributed by atoms with Crippen molar-refractivity contribution in [2.24, 2.45) is 0 Å². The molecule has 0 aliphatic carbocycles. The highest BCUT2D eigenvalue weighted by atomic mass is 32.1. The Kier molecular flexibility index (Phi) is 6.68. The Bertz CT molecular complexity index is 2870. The summed E-state index contributed by atoms with van der Waals surface area (Å²) < 4.78 is 4.87. The average molecular weight is 656 g/mol. The first-order valence-corrected chi connectivity index (χ1v) is 17.7. The van der Waals surface area contributed by atoms with Crippen molar-refractivity contribution >= 4 is 53.3 Å². The van der Waals surface area contributed by atoms with Crippen LogP contribution < -0.4 is 0 Å². The van der Waals surface area contributed by atoms with Gasteiger partial charge in [-0.1, -0.05) is 133 Å². The summed E-state index contributed by atoms with van der Waals surface area (Å²) in [5, 5.41) is 4.91. The molecule has 0 atom stereocenters. The molecule has 234 valence electrons. The van der Waals surface area contributed by atoms with Crippen LogP contribution in [0.3, 0.4) is 0 Å². The lowest BCUT2D eigenvalue weighted by atomic mass is 10.00. The van der Waals surface area contributed by atoms with Gasteiger partial charge in [0, 0.05) is 53.3 Å². The molecule has 0 bridgehead atoms. The second kappa shape index (κ2) is 11.7. The summed E-state index contributed by atoms with van der Waals surface area (Å²) in [6, 6.07) is 62.4. The van der Waals surface area contributed by atoms with Crippen LogP contribution in [0.2, 0.25) is 0 Å². The Morgan fingerprint density at radius 1 is 0.420 bits per heavy atom. The summed E-state index contributed by atoms with van der Waals surface area (Å²) in [5.41, 5.74) is 10.7. The normalized spacial score (nSPS) is 11.6. The van der Waals surface area contributed by atoms with E-state index in [-0.39, 0.29) is 0 Å². The minimum atomic E-state index is 0.706. The molecule has 0 N–H and O–H groups in total.